The Labute approximate surface area is 414 Å². The quantitative estimate of drug-likeness (QED) is 0.149. The minimum atomic E-state index is -0.257. The molecule has 6 aromatic carbocycles. The van der Waals surface area contributed by atoms with Gasteiger partial charge in [-0.15, -0.1) is 53.6 Å². The number of ether oxygens (including phenoxy) is 1. The maximum atomic E-state index is 6.89. The minimum Gasteiger partial charge on any atom is -0.509 e. The summed E-state index contributed by atoms with van der Waals surface area (Å²) in [6, 6.07) is 53.7. The Balaban J connectivity index is 0.00000608. The van der Waals surface area contributed by atoms with Crippen molar-refractivity contribution in [1.82, 2.24) is 9.55 Å². The third-order valence-electron chi connectivity index (χ3n) is 13.5. The van der Waals surface area contributed by atoms with Crippen molar-refractivity contribution in [2.45, 2.75) is 124 Å². The van der Waals surface area contributed by atoms with Crippen molar-refractivity contribution in [2.75, 3.05) is 9.80 Å². The Morgan fingerprint density at radius 2 is 1.04 bits per heavy atom. The van der Waals surface area contributed by atoms with Gasteiger partial charge in [-0.1, -0.05) is 163 Å². The topological polar surface area (TPSA) is 33.5 Å². The summed E-state index contributed by atoms with van der Waals surface area (Å²) in [4.78, 5) is 9.58. The van der Waals surface area contributed by atoms with Crippen molar-refractivity contribution in [2.24, 2.45) is 0 Å². The number of nitrogens with zero attached hydrogens (tertiary/aromatic N) is 4. The first kappa shape index (κ1) is 47.8. The summed E-state index contributed by atoms with van der Waals surface area (Å²) < 4.78 is 9.11. The second kappa shape index (κ2) is 17.1. The fourth-order valence-corrected chi connectivity index (χ4v) is 9.04. The molecule has 1 aliphatic rings. The van der Waals surface area contributed by atoms with Gasteiger partial charge in [0.1, 0.15) is 5.82 Å². The first-order chi connectivity index (χ1) is 31.0. The third kappa shape index (κ3) is 9.21. The van der Waals surface area contributed by atoms with Crippen molar-refractivity contribution in [3.63, 3.8) is 0 Å². The van der Waals surface area contributed by atoms with Gasteiger partial charge in [0, 0.05) is 66.8 Å². The van der Waals surface area contributed by atoms with Gasteiger partial charge in [0.2, 0.25) is 0 Å². The molecule has 1 aliphatic heterocycles. The standard InChI is InChI=1S/C61H65N4O.Pt/c1-57(2,3)40-23-25-41(26-24-40)61(13,14)42-29-30-62-56(36-42)65-52-20-16-15-19-50(52)51-28-27-48(38-55(51)65)66-49-35-45(60(10,11)12)34-47(37-49)64-39-63(53-21-17-18-22-54(53)64)46-32-43(58(4,5)6)31-44(33-46)59(7,8)9;/h15-36,39H,1-14H3;/q-3;. The number of para-hydroxylation sites is 3. The molecule has 0 saturated carbocycles. The van der Waals surface area contributed by atoms with Crippen molar-refractivity contribution >= 4 is 44.6 Å². The van der Waals surface area contributed by atoms with Crippen LogP contribution in [0.4, 0.5) is 22.7 Å². The molecule has 2 aromatic heterocycles. The Kier molecular flexibility index (Phi) is 12.2. The summed E-state index contributed by atoms with van der Waals surface area (Å²) in [6.45, 7) is 34.1. The SMILES string of the molecule is CC(C)(C)c1ccc(C(C)(C)c2ccnc(-n3c4[c-]c(Oc5[c-]c(N6[CH-]N(c7cc(C(C)(C)C)cc(C(C)(C)C)c7)c7ccccc76)cc(C(C)(C)C)c5)ccc4c4ccccc43)c2)cc1.[Pt]. The van der Waals surface area contributed by atoms with Gasteiger partial charge >= 0.3 is 0 Å². The van der Waals surface area contributed by atoms with E-state index in [1.807, 2.05) is 12.3 Å². The van der Waals surface area contributed by atoms with Crippen LogP contribution in [0.5, 0.6) is 11.5 Å². The van der Waals surface area contributed by atoms with Crippen molar-refractivity contribution in [3.05, 3.63) is 186 Å². The molecule has 0 amide bonds. The molecule has 5 nitrogen and oxygen atoms in total. The van der Waals surface area contributed by atoms with E-state index in [0.717, 1.165) is 55.9 Å². The summed E-state index contributed by atoms with van der Waals surface area (Å²) in [7, 11) is 0. The van der Waals surface area contributed by atoms with E-state index >= 15 is 0 Å². The second-order valence-electron chi connectivity index (χ2n) is 22.9. The van der Waals surface area contributed by atoms with Crippen LogP contribution in [-0.4, -0.2) is 9.55 Å². The second-order valence-corrected chi connectivity index (χ2v) is 22.9. The van der Waals surface area contributed by atoms with Crippen molar-refractivity contribution in [1.29, 1.82) is 0 Å². The molecule has 0 fully saturated rings. The Morgan fingerprint density at radius 1 is 0.478 bits per heavy atom. The molecule has 67 heavy (non-hydrogen) atoms. The number of hydrogen-bond donors (Lipinski definition) is 0. The molecule has 3 heterocycles. The van der Waals surface area contributed by atoms with Gasteiger partial charge in [0.05, 0.1) is 0 Å². The first-order valence-corrected chi connectivity index (χ1v) is 23.4. The van der Waals surface area contributed by atoms with Gasteiger partial charge in [-0.2, -0.15) is 6.07 Å². The van der Waals surface area contributed by atoms with Gasteiger partial charge in [-0.3, -0.25) is 0 Å². The predicted molar refractivity (Wildman–Crippen MR) is 278 cm³/mol. The molecule has 6 heteroatoms. The van der Waals surface area contributed by atoms with Crippen molar-refractivity contribution in [3.8, 4) is 17.3 Å². The summed E-state index contributed by atoms with van der Waals surface area (Å²) in [5.41, 5.74) is 13.4. The zero-order valence-corrected chi connectivity index (χ0v) is 44.1. The van der Waals surface area contributed by atoms with E-state index in [0.29, 0.717) is 11.5 Å². The monoisotopic (exact) mass is 1060 g/mol. The van der Waals surface area contributed by atoms with E-state index in [1.165, 1.54) is 27.8 Å². The van der Waals surface area contributed by atoms with Crippen LogP contribution in [0.3, 0.4) is 0 Å². The van der Waals surface area contributed by atoms with Crippen LogP contribution in [0.2, 0.25) is 0 Å². The van der Waals surface area contributed by atoms with Gasteiger partial charge in [-0.05, 0) is 97.3 Å². The smallest absolute Gasteiger partial charge is 0.135 e. The van der Waals surface area contributed by atoms with Gasteiger partial charge < -0.3 is 19.1 Å². The fraction of sp³-hybridized carbons (Fsp3) is 0.311. The molecule has 0 aliphatic carbocycles. The minimum absolute atomic E-state index is 0. The third-order valence-corrected chi connectivity index (χ3v) is 13.5. The Bertz CT molecular complexity index is 3080. The first-order valence-electron chi connectivity index (χ1n) is 23.4. The van der Waals surface area contributed by atoms with E-state index in [1.54, 1.807) is 0 Å². The number of pyridine rings is 1. The van der Waals surface area contributed by atoms with E-state index in [9.17, 15) is 0 Å². The van der Waals surface area contributed by atoms with Gasteiger partial charge in [0.25, 0.3) is 0 Å². The van der Waals surface area contributed by atoms with Crippen LogP contribution in [0.25, 0.3) is 27.6 Å². The van der Waals surface area contributed by atoms with E-state index in [4.69, 9.17) is 9.72 Å². The molecule has 348 valence electrons. The van der Waals surface area contributed by atoms with Gasteiger partial charge in [-0.25, -0.2) is 4.98 Å². The Hall–Kier alpha value is -5.64. The molecular formula is C61H65N4OPt-3. The van der Waals surface area contributed by atoms with Crippen LogP contribution in [0.15, 0.2) is 134 Å². The fourth-order valence-electron chi connectivity index (χ4n) is 9.04. The number of aromatic nitrogens is 2. The molecule has 0 bridgehead atoms. The van der Waals surface area contributed by atoms with E-state index in [-0.39, 0.29) is 48.1 Å². The number of hydrogen-bond acceptors (Lipinski definition) is 4. The average Bonchev–Trinajstić information content (AvgIpc) is 3.81. The van der Waals surface area contributed by atoms with Crippen LogP contribution in [-0.2, 0) is 48.1 Å². The maximum absolute atomic E-state index is 6.89. The molecule has 9 rings (SSSR count). The molecule has 0 N–H and O–H groups in total. The molecule has 8 aromatic rings. The molecule has 0 saturated heterocycles. The largest absolute Gasteiger partial charge is 0.509 e. The Morgan fingerprint density at radius 3 is 1.67 bits per heavy atom. The number of rotatable bonds is 7. The summed E-state index contributed by atoms with van der Waals surface area (Å²) in [6.07, 6.45) is 1.94. The predicted octanol–water partition coefficient (Wildman–Crippen LogP) is 16.5. The molecule has 0 radical (unpaired) electrons. The molecular weight excluding hydrogens is 1000 g/mol. The number of fused-ring (bicyclic) bond motifs is 4. The van der Waals surface area contributed by atoms with Crippen LogP contribution >= 0.6 is 0 Å². The summed E-state index contributed by atoms with van der Waals surface area (Å²) in [5, 5.41) is 2.22. The van der Waals surface area contributed by atoms with Crippen LogP contribution < -0.4 is 14.5 Å². The molecule has 0 atom stereocenters. The van der Waals surface area contributed by atoms with Crippen LogP contribution in [0.1, 0.15) is 130 Å². The van der Waals surface area contributed by atoms with E-state index < -0.39 is 0 Å². The molecule has 0 spiro atoms. The van der Waals surface area contributed by atoms with Crippen molar-refractivity contribution < 1.29 is 25.8 Å². The average molecular weight is 1070 g/mol. The normalized spacial score (nSPS) is 13.6. The summed E-state index contributed by atoms with van der Waals surface area (Å²) >= 11 is 0. The zero-order chi connectivity index (χ0) is 47.1. The summed E-state index contributed by atoms with van der Waals surface area (Å²) in [5.74, 6) is 2.08. The number of anilines is 4. The van der Waals surface area contributed by atoms with E-state index in [2.05, 4.69) is 251 Å². The number of benzene rings is 6. The van der Waals surface area contributed by atoms with Gasteiger partial charge in [0.15, 0.2) is 0 Å². The van der Waals surface area contributed by atoms with Crippen LogP contribution in [0, 0.1) is 18.8 Å². The molecule has 0 unspecified atom stereocenters. The zero-order valence-electron chi connectivity index (χ0n) is 41.8. The maximum Gasteiger partial charge on any atom is 0.135 e.